The topological polar surface area (TPSA) is 65.2 Å². The van der Waals surface area contributed by atoms with E-state index in [1.165, 1.54) is 0 Å². The van der Waals surface area contributed by atoms with Gasteiger partial charge in [-0.2, -0.15) is 0 Å². The van der Waals surface area contributed by atoms with Gasteiger partial charge in [0.1, 0.15) is 0 Å². The fraction of sp³-hybridized carbons (Fsp3) is 0.185. The van der Waals surface area contributed by atoms with Gasteiger partial charge in [0, 0.05) is 28.7 Å². The Morgan fingerprint density at radius 2 is 1.62 bits per heavy atom. The van der Waals surface area contributed by atoms with E-state index in [1.807, 2.05) is 86.6 Å². The first-order valence-corrected chi connectivity index (χ1v) is 10.8. The minimum atomic E-state index is -0.229. The van der Waals surface area contributed by atoms with Gasteiger partial charge in [-0.05, 0) is 61.2 Å². The Hall–Kier alpha value is -3.86. The van der Waals surface area contributed by atoms with Crippen molar-refractivity contribution in [1.82, 2.24) is 9.88 Å². The number of pyridine rings is 1. The fourth-order valence-electron chi connectivity index (χ4n) is 3.92. The third-order valence-electron chi connectivity index (χ3n) is 5.58. The summed E-state index contributed by atoms with van der Waals surface area (Å²) in [4.78, 5) is 30.6. The van der Waals surface area contributed by atoms with Crippen molar-refractivity contribution in [2.24, 2.45) is 0 Å². The number of H-pyrrole nitrogens is 1. The monoisotopic (exact) mass is 425 g/mol. The lowest BCUT2D eigenvalue weighted by Gasteiger charge is -2.23. The Morgan fingerprint density at radius 1 is 0.938 bits per heavy atom. The maximum absolute atomic E-state index is 13.1. The molecule has 5 nitrogen and oxygen atoms in total. The standard InChI is InChI=1S/C27H27N3O2/c1-19-15-20(2)24-17-22(26(31)29-25(24)16-19)18-30(14-13-21-9-5-3-6-10-21)27(32)28-23-11-7-4-8-12-23/h3-12,15-17H,13-14,18H2,1-2H3,(H,28,32)(H,29,31). The molecule has 32 heavy (non-hydrogen) atoms. The SMILES string of the molecule is Cc1cc(C)c2cc(CN(CCc3ccccc3)C(=O)Nc3ccccc3)c(=O)[nH]c2c1. The molecule has 2 N–H and O–H groups in total. The first-order chi connectivity index (χ1) is 15.5. The number of amides is 2. The zero-order valence-electron chi connectivity index (χ0n) is 18.4. The average molecular weight is 426 g/mol. The highest BCUT2D eigenvalue weighted by molar-refractivity contribution is 5.89. The first-order valence-electron chi connectivity index (χ1n) is 10.8. The number of carbonyl (C=O) groups is 1. The van der Waals surface area contributed by atoms with Gasteiger partial charge in [0.2, 0.25) is 0 Å². The molecule has 4 rings (SSSR count). The molecule has 0 spiro atoms. The summed E-state index contributed by atoms with van der Waals surface area (Å²) in [5.74, 6) is 0. The van der Waals surface area contributed by atoms with Gasteiger partial charge in [-0.3, -0.25) is 4.79 Å². The maximum atomic E-state index is 13.1. The van der Waals surface area contributed by atoms with E-state index in [4.69, 9.17) is 0 Å². The number of benzene rings is 3. The molecule has 0 atom stereocenters. The Bertz CT molecular complexity index is 1280. The third kappa shape index (κ3) is 5.06. The summed E-state index contributed by atoms with van der Waals surface area (Å²) in [6, 6.07) is 25.1. The molecule has 4 aromatic rings. The summed E-state index contributed by atoms with van der Waals surface area (Å²) in [7, 11) is 0. The molecule has 162 valence electrons. The van der Waals surface area contributed by atoms with Gasteiger partial charge in [-0.15, -0.1) is 0 Å². The molecule has 0 radical (unpaired) electrons. The summed E-state index contributed by atoms with van der Waals surface area (Å²) < 4.78 is 0. The van der Waals surface area contributed by atoms with Gasteiger partial charge in [-0.1, -0.05) is 54.6 Å². The molecule has 0 saturated heterocycles. The molecule has 0 aliphatic rings. The number of rotatable bonds is 6. The lowest BCUT2D eigenvalue weighted by Crippen LogP contribution is -2.37. The number of hydrogen-bond donors (Lipinski definition) is 2. The lowest BCUT2D eigenvalue weighted by molar-refractivity contribution is 0.209. The number of hydrogen-bond acceptors (Lipinski definition) is 2. The molecule has 0 fully saturated rings. The number of aromatic nitrogens is 1. The Balaban J connectivity index is 1.62. The lowest BCUT2D eigenvalue weighted by atomic mass is 10.0. The second kappa shape index (κ2) is 9.52. The predicted molar refractivity (Wildman–Crippen MR) is 130 cm³/mol. The van der Waals surface area contributed by atoms with Gasteiger partial charge >= 0.3 is 6.03 Å². The molecular formula is C27H27N3O2. The van der Waals surface area contributed by atoms with E-state index in [1.54, 1.807) is 4.90 Å². The van der Waals surface area contributed by atoms with Crippen LogP contribution in [0.25, 0.3) is 10.9 Å². The van der Waals surface area contributed by atoms with E-state index in [9.17, 15) is 9.59 Å². The van der Waals surface area contributed by atoms with Gasteiger partial charge < -0.3 is 15.2 Å². The minimum Gasteiger partial charge on any atom is -0.322 e. The molecule has 1 aromatic heterocycles. The molecule has 1 heterocycles. The van der Waals surface area contributed by atoms with Crippen LogP contribution >= 0.6 is 0 Å². The van der Waals surface area contributed by atoms with E-state index >= 15 is 0 Å². The highest BCUT2D eigenvalue weighted by Gasteiger charge is 2.17. The predicted octanol–water partition coefficient (Wildman–Crippen LogP) is 5.42. The summed E-state index contributed by atoms with van der Waals surface area (Å²) in [6.45, 7) is 4.77. The molecule has 5 heteroatoms. The van der Waals surface area contributed by atoms with Crippen LogP contribution in [0.4, 0.5) is 10.5 Å². The van der Waals surface area contributed by atoms with Crippen LogP contribution in [-0.4, -0.2) is 22.5 Å². The Kier molecular flexibility index (Phi) is 6.36. The van der Waals surface area contributed by atoms with Crippen molar-refractivity contribution in [3.8, 4) is 0 Å². The first kappa shape index (κ1) is 21.4. The largest absolute Gasteiger partial charge is 0.322 e. The van der Waals surface area contributed by atoms with Crippen molar-refractivity contribution in [2.45, 2.75) is 26.8 Å². The molecule has 0 saturated carbocycles. The smallest absolute Gasteiger partial charge is 0.322 e. The van der Waals surface area contributed by atoms with E-state index in [2.05, 4.69) is 16.4 Å². The van der Waals surface area contributed by atoms with E-state index < -0.39 is 0 Å². The van der Waals surface area contributed by atoms with E-state index in [0.29, 0.717) is 18.5 Å². The van der Waals surface area contributed by atoms with E-state index in [0.717, 1.165) is 33.3 Å². The number of anilines is 1. The van der Waals surface area contributed by atoms with Gasteiger partial charge in [0.15, 0.2) is 0 Å². The Morgan fingerprint density at radius 3 is 2.34 bits per heavy atom. The number of aryl methyl sites for hydroxylation is 2. The summed E-state index contributed by atoms with van der Waals surface area (Å²) in [5.41, 5.74) is 5.29. The van der Waals surface area contributed by atoms with Crippen LogP contribution < -0.4 is 10.9 Å². The average Bonchev–Trinajstić information content (AvgIpc) is 2.78. The summed E-state index contributed by atoms with van der Waals surface area (Å²) in [5, 5.41) is 3.95. The van der Waals surface area contributed by atoms with Crippen molar-refractivity contribution >= 4 is 22.6 Å². The van der Waals surface area contributed by atoms with Crippen LogP contribution in [0.1, 0.15) is 22.3 Å². The van der Waals surface area contributed by atoms with Crippen LogP contribution in [0.3, 0.4) is 0 Å². The normalized spacial score (nSPS) is 10.8. The van der Waals surface area contributed by atoms with Crippen LogP contribution in [0.2, 0.25) is 0 Å². The highest BCUT2D eigenvalue weighted by Crippen LogP contribution is 2.19. The number of aromatic amines is 1. The number of carbonyl (C=O) groups excluding carboxylic acids is 1. The van der Waals surface area contributed by atoms with Gasteiger partial charge in [0.05, 0.1) is 6.54 Å². The molecule has 0 aliphatic carbocycles. The molecule has 0 bridgehead atoms. The van der Waals surface area contributed by atoms with Crippen molar-refractivity contribution in [1.29, 1.82) is 0 Å². The van der Waals surface area contributed by atoms with Crippen LogP contribution in [-0.2, 0) is 13.0 Å². The zero-order chi connectivity index (χ0) is 22.5. The third-order valence-corrected chi connectivity index (χ3v) is 5.58. The fourth-order valence-corrected chi connectivity index (χ4v) is 3.92. The summed E-state index contributed by atoms with van der Waals surface area (Å²) >= 11 is 0. The molecule has 0 unspecified atom stereocenters. The molecule has 3 aromatic carbocycles. The maximum Gasteiger partial charge on any atom is 0.322 e. The van der Waals surface area contributed by atoms with Crippen molar-refractivity contribution < 1.29 is 4.79 Å². The quantitative estimate of drug-likeness (QED) is 0.433. The summed E-state index contributed by atoms with van der Waals surface area (Å²) in [6.07, 6.45) is 0.701. The minimum absolute atomic E-state index is 0.167. The van der Waals surface area contributed by atoms with Crippen LogP contribution in [0, 0.1) is 13.8 Å². The number of fused-ring (bicyclic) bond motifs is 1. The van der Waals surface area contributed by atoms with Crippen LogP contribution in [0.5, 0.6) is 0 Å². The van der Waals surface area contributed by atoms with Crippen molar-refractivity contribution in [3.63, 3.8) is 0 Å². The van der Waals surface area contributed by atoms with Crippen molar-refractivity contribution in [3.05, 3.63) is 111 Å². The number of para-hydroxylation sites is 1. The number of nitrogens with zero attached hydrogens (tertiary/aromatic N) is 1. The van der Waals surface area contributed by atoms with E-state index in [-0.39, 0.29) is 18.1 Å². The van der Waals surface area contributed by atoms with Gasteiger partial charge in [0.25, 0.3) is 5.56 Å². The number of urea groups is 1. The highest BCUT2D eigenvalue weighted by atomic mass is 16.2. The Labute approximate surface area is 187 Å². The number of nitrogens with one attached hydrogen (secondary N) is 2. The second-order valence-electron chi connectivity index (χ2n) is 8.12. The molecule has 0 aliphatic heterocycles. The molecule has 2 amide bonds. The second-order valence-corrected chi connectivity index (χ2v) is 8.12. The molecular weight excluding hydrogens is 398 g/mol. The van der Waals surface area contributed by atoms with Gasteiger partial charge in [-0.25, -0.2) is 4.79 Å². The van der Waals surface area contributed by atoms with Crippen molar-refractivity contribution in [2.75, 3.05) is 11.9 Å². The van der Waals surface area contributed by atoms with Crippen LogP contribution in [0.15, 0.2) is 83.7 Å². The zero-order valence-corrected chi connectivity index (χ0v) is 18.4.